The lowest BCUT2D eigenvalue weighted by molar-refractivity contribution is -0.132. The van der Waals surface area contributed by atoms with Crippen molar-refractivity contribution in [2.24, 2.45) is 0 Å². The lowest BCUT2D eigenvalue weighted by Gasteiger charge is -2.05. The summed E-state index contributed by atoms with van der Waals surface area (Å²) in [6.45, 7) is 1.74. The van der Waals surface area contributed by atoms with E-state index in [1.54, 1.807) is 67.6 Å². The number of benzene rings is 4. The van der Waals surface area contributed by atoms with E-state index >= 15 is 0 Å². The maximum absolute atomic E-state index is 12.6. The summed E-state index contributed by atoms with van der Waals surface area (Å²) in [5, 5.41) is 32.5. The van der Waals surface area contributed by atoms with E-state index in [0.717, 1.165) is 28.5 Å². The molecule has 0 aliphatic carbocycles. The molecular formula is C42H31ClN2O9S. The SMILES string of the molecule is Cc1oc(-c2ccccc2)cc1C(=O)Nc1cccc(C=CC(=O)O)c1.O=C(O)/C(Cl)=C/c1ccc(C(=O)Nc2cc(-c3ccccc3)c(C(=O)O)s2)cc1. The number of aliphatic carboxylic acids is 2. The van der Waals surface area contributed by atoms with Gasteiger partial charge >= 0.3 is 17.9 Å². The highest BCUT2D eigenvalue weighted by atomic mass is 35.5. The first-order chi connectivity index (χ1) is 26.4. The van der Waals surface area contributed by atoms with Gasteiger partial charge in [0.2, 0.25) is 0 Å². The highest BCUT2D eigenvalue weighted by Crippen LogP contribution is 2.35. The Kier molecular flexibility index (Phi) is 12.9. The summed E-state index contributed by atoms with van der Waals surface area (Å²) in [4.78, 5) is 58.1. The van der Waals surface area contributed by atoms with E-state index < -0.39 is 23.8 Å². The van der Waals surface area contributed by atoms with Gasteiger partial charge in [0.15, 0.2) is 0 Å². The van der Waals surface area contributed by atoms with Crippen LogP contribution in [0.4, 0.5) is 10.7 Å². The number of rotatable bonds is 11. The van der Waals surface area contributed by atoms with Gasteiger partial charge in [-0.05, 0) is 72.2 Å². The molecule has 276 valence electrons. The van der Waals surface area contributed by atoms with Crippen molar-refractivity contribution in [3.63, 3.8) is 0 Å². The van der Waals surface area contributed by atoms with Gasteiger partial charge in [0.25, 0.3) is 11.8 Å². The second-order valence-corrected chi connectivity index (χ2v) is 13.1. The second kappa shape index (κ2) is 18.1. The van der Waals surface area contributed by atoms with Crippen molar-refractivity contribution in [2.75, 3.05) is 10.6 Å². The Labute approximate surface area is 323 Å². The first-order valence-electron chi connectivity index (χ1n) is 16.3. The van der Waals surface area contributed by atoms with Crippen LogP contribution in [0.3, 0.4) is 0 Å². The van der Waals surface area contributed by atoms with Crippen molar-refractivity contribution in [3.8, 4) is 22.5 Å². The van der Waals surface area contributed by atoms with Gasteiger partial charge in [-0.1, -0.05) is 96.5 Å². The zero-order chi connectivity index (χ0) is 39.5. The Hall–Kier alpha value is -7.02. The Morgan fingerprint density at radius 3 is 1.98 bits per heavy atom. The van der Waals surface area contributed by atoms with E-state index in [1.165, 1.54) is 24.3 Å². The Morgan fingerprint density at radius 2 is 1.36 bits per heavy atom. The number of aromatic carboxylic acids is 1. The van der Waals surface area contributed by atoms with Gasteiger partial charge < -0.3 is 30.4 Å². The van der Waals surface area contributed by atoms with Crippen molar-refractivity contribution in [1.82, 2.24) is 0 Å². The minimum atomic E-state index is -1.24. The number of amides is 2. The molecule has 11 nitrogen and oxygen atoms in total. The molecule has 0 fully saturated rings. The number of thiophene rings is 1. The number of halogens is 1. The topological polar surface area (TPSA) is 183 Å². The van der Waals surface area contributed by atoms with Gasteiger partial charge in [0.05, 0.1) is 10.6 Å². The average Bonchev–Trinajstić information content (AvgIpc) is 3.79. The Morgan fingerprint density at radius 1 is 0.709 bits per heavy atom. The molecule has 2 heterocycles. The maximum atomic E-state index is 12.6. The largest absolute Gasteiger partial charge is 0.478 e. The summed E-state index contributed by atoms with van der Waals surface area (Å²) in [6, 6.07) is 35.1. The van der Waals surface area contributed by atoms with Crippen LogP contribution in [-0.4, -0.2) is 45.0 Å². The summed E-state index contributed by atoms with van der Waals surface area (Å²) in [5.74, 6) is -2.87. The molecule has 5 N–H and O–H groups in total. The molecule has 2 aromatic heterocycles. The molecule has 6 aromatic rings. The Bertz CT molecular complexity index is 2420. The zero-order valence-electron chi connectivity index (χ0n) is 28.9. The number of carboxylic acid groups (broad SMARTS) is 3. The third-order valence-corrected chi connectivity index (χ3v) is 9.01. The minimum absolute atomic E-state index is 0.135. The molecule has 2 amide bonds. The fourth-order valence-electron chi connectivity index (χ4n) is 5.10. The third kappa shape index (κ3) is 10.8. The normalized spacial score (nSPS) is 11.0. The van der Waals surface area contributed by atoms with Crippen LogP contribution >= 0.6 is 22.9 Å². The summed E-state index contributed by atoms with van der Waals surface area (Å²) < 4.78 is 5.71. The molecule has 0 saturated heterocycles. The van der Waals surface area contributed by atoms with Crippen molar-refractivity contribution in [1.29, 1.82) is 0 Å². The van der Waals surface area contributed by atoms with Crippen molar-refractivity contribution >= 4 is 75.5 Å². The maximum Gasteiger partial charge on any atom is 0.347 e. The average molecular weight is 775 g/mol. The molecule has 6 rings (SSSR count). The summed E-state index contributed by atoms with van der Waals surface area (Å²) >= 11 is 6.57. The van der Waals surface area contributed by atoms with Gasteiger partial charge in [-0.15, -0.1) is 11.3 Å². The molecule has 0 spiro atoms. The van der Waals surface area contributed by atoms with Crippen LogP contribution in [0.1, 0.15) is 47.3 Å². The summed E-state index contributed by atoms with van der Waals surface area (Å²) in [6.07, 6.45) is 3.79. The first kappa shape index (κ1) is 39.2. The lowest BCUT2D eigenvalue weighted by atomic mass is 10.1. The lowest BCUT2D eigenvalue weighted by Crippen LogP contribution is -2.12. The van der Waals surface area contributed by atoms with Crippen LogP contribution < -0.4 is 10.6 Å². The Balaban J connectivity index is 0.000000212. The zero-order valence-corrected chi connectivity index (χ0v) is 30.4. The van der Waals surface area contributed by atoms with Crippen LogP contribution in [-0.2, 0) is 9.59 Å². The van der Waals surface area contributed by atoms with Crippen molar-refractivity contribution in [2.45, 2.75) is 6.92 Å². The molecule has 0 aliphatic heterocycles. The van der Waals surface area contributed by atoms with Crippen molar-refractivity contribution < 1.29 is 43.7 Å². The number of hydrogen-bond acceptors (Lipinski definition) is 7. The van der Waals surface area contributed by atoms with E-state index in [1.807, 2.05) is 48.5 Å². The molecule has 0 bridgehead atoms. The summed E-state index contributed by atoms with van der Waals surface area (Å²) in [7, 11) is 0. The standard InChI is InChI=1S/C21H14ClNO5S.C21H17NO4/c22-16(20(25)26)10-12-6-8-14(9-7-12)19(24)23-17-11-15(18(29-17)21(27)28)13-4-2-1-3-5-13;1-14-18(13-19(26-14)16-7-3-2-4-8-16)21(25)22-17-9-5-6-15(12-17)10-11-20(23)24/h1-11H,(H,23,24)(H,25,26)(H,27,28);2-13H,1H3,(H,22,25)(H,23,24)/b16-10-;. The third-order valence-electron chi connectivity index (χ3n) is 7.70. The summed E-state index contributed by atoms with van der Waals surface area (Å²) in [5.41, 5.74) is 4.74. The second-order valence-electron chi connectivity index (χ2n) is 11.6. The fraction of sp³-hybridized carbons (Fsp3) is 0.0238. The number of carbonyl (C=O) groups excluding carboxylic acids is 2. The van der Waals surface area contributed by atoms with Crippen molar-refractivity contribution in [3.05, 3.63) is 165 Å². The van der Waals surface area contributed by atoms with Crippen LogP contribution in [0.5, 0.6) is 0 Å². The van der Waals surface area contributed by atoms with E-state index in [4.69, 9.17) is 26.2 Å². The smallest absolute Gasteiger partial charge is 0.347 e. The van der Waals surface area contributed by atoms with Gasteiger partial charge in [-0.2, -0.15) is 0 Å². The van der Waals surface area contributed by atoms with Crippen LogP contribution in [0.15, 0.2) is 137 Å². The van der Waals surface area contributed by atoms with Crippen LogP contribution in [0.25, 0.3) is 34.6 Å². The van der Waals surface area contributed by atoms with Gasteiger partial charge in [-0.25, -0.2) is 14.4 Å². The quantitative estimate of drug-likeness (QED) is 0.0800. The van der Waals surface area contributed by atoms with Gasteiger partial charge in [0.1, 0.15) is 21.4 Å². The molecule has 0 radical (unpaired) electrons. The minimum Gasteiger partial charge on any atom is -0.478 e. The van der Waals surface area contributed by atoms with E-state index in [2.05, 4.69) is 10.6 Å². The van der Waals surface area contributed by atoms with E-state index in [0.29, 0.717) is 50.0 Å². The number of anilines is 2. The number of carbonyl (C=O) groups is 5. The first-order valence-corrected chi connectivity index (χ1v) is 17.5. The highest BCUT2D eigenvalue weighted by molar-refractivity contribution is 7.18. The predicted octanol–water partition coefficient (Wildman–Crippen LogP) is 9.64. The number of carboxylic acids is 3. The van der Waals surface area contributed by atoms with Gasteiger partial charge in [0, 0.05) is 28.5 Å². The van der Waals surface area contributed by atoms with Crippen LogP contribution in [0.2, 0.25) is 0 Å². The fourth-order valence-corrected chi connectivity index (χ4v) is 6.15. The molecule has 0 saturated carbocycles. The monoisotopic (exact) mass is 774 g/mol. The van der Waals surface area contributed by atoms with Gasteiger partial charge in [-0.3, -0.25) is 9.59 Å². The molecule has 55 heavy (non-hydrogen) atoms. The number of furan rings is 1. The molecule has 0 atom stereocenters. The predicted molar refractivity (Wildman–Crippen MR) is 213 cm³/mol. The van der Waals surface area contributed by atoms with Crippen LogP contribution in [0, 0.1) is 6.92 Å². The number of hydrogen-bond donors (Lipinski definition) is 5. The molecule has 4 aromatic carbocycles. The number of nitrogens with one attached hydrogen (secondary N) is 2. The highest BCUT2D eigenvalue weighted by Gasteiger charge is 2.19. The van der Waals surface area contributed by atoms with E-state index in [-0.39, 0.29) is 15.8 Å². The number of aryl methyl sites for hydroxylation is 1. The molecule has 13 heteroatoms. The molecule has 0 unspecified atom stereocenters. The van der Waals surface area contributed by atoms with E-state index in [9.17, 15) is 29.1 Å². The molecule has 0 aliphatic rings. The molecular weight excluding hydrogens is 744 g/mol.